The minimum absolute atomic E-state index is 0.00813. The lowest BCUT2D eigenvalue weighted by Gasteiger charge is -2.44. The summed E-state index contributed by atoms with van der Waals surface area (Å²) in [4.78, 5) is 55.4. The van der Waals surface area contributed by atoms with Gasteiger partial charge in [0.1, 0.15) is 11.6 Å². The van der Waals surface area contributed by atoms with Crippen molar-refractivity contribution in [2.75, 3.05) is 28.5 Å². The first-order chi connectivity index (χ1) is 16.0. The highest BCUT2D eigenvalue weighted by molar-refractivity contribution is 7.99. The molecule has 1 aromatic carbocycles. The van der Waals surface area contributed by atoms with Gasteiger partial charge in [-0.1, -0.05) is 37.8 Å². The van der Waals surface area contributed by atoms with Gasteiger partial charge >= 0.3 is 5.97 Å². The molecule has 0 radical (unpaired) electrons. The van der Waals surface area contributed by atoms with Crippen LogP contribution in [0.5, 0.6) is 0 Å². The van der Waals surface area contributed by atoms with E-state index in [1.807, 2.05) is 18.2 Å². The topological polar surface area (TPSA) is 96.0 Å². The molecule has 5 rings (SSSR count). The third-order valence-corrected chi connectivity index (χ3v) is 8.42. The Hall–Kier alpha value is -2.55. The summed E-state index contributed by atoms with van der Waals surface area (Å²) in [6.45, 7) is -0.450. The van der Waals surface area contributed by atoms with E-state index in [9.17, 15) is 19.2 Å². The Labute approximate surface area is 197 Å². The molecule has 2 aliphatic heterocycles. The fourth-order valence-corrected chi connectivity index (χ4v) is 6.83. The monoisotopic (exact) mass is 471 g/mol. The number of carbonyl (C=O) groups is 4. The molecule has 9 heteroatoms. The zero-order valence-electron chi connectivity index (χ0n) is 18.6. The van der Waals surface area contributed by atoms with E-state index >= 15 is 0 Å². The van der Waals surface area contributed by atoms with Crippen LogP contribution in [0.25, 0.3) is 0 Å². The van der Waals surface area contributed by atoms with Crippen LogP contribution < -0.4 is 10.2 Å². The van der Waals surface area contributed by atoms with Crippen molar-refractivity contribution in [3.63, 3.8) is 0 Å². The van der Waals surface area contributed by atoms with E-state index < -0.39 is 30.1 Å². The lowest BCUT2D eigenvalue weighted by atomic mass is 9.90. The van der Waals surface area contributed by atoms with Crippen LogP contribution in [0.4, 0.5) is 11.4 Å². The van der Waals surface area contributed by atoms with E-state index in [2.05, 4.69) is 5.32 Å². The molecule has 8 nitrogen and oxygen atoms in total. The van der Waals surface area contributed by atoms with Crippen LogP contribution in [-0.4, -0.2) is 58.4 Å². The van der Waals surface area contributed by atoms with Gasteiger partial charge in [0.2, 0.25) is 5.91 Å². The molecule has 1 atom stereocenters. The minimum Gasteiger partial charge on any atom is -0.454 e. The summed E-state index contributed by atoms with van der Waals surface area (Å²) >= 11 is 1.53. The van der Waals surface area contributed by atoms with E-state index in [-0.39, 0.29) is 17.7 Å². The van der Waals surface area contributed by atoms with E-state index in [4.69, 9.17) is 4.74 Å². The number of para-hydroxylation sites is 2. The number of ether oxygens (including phenoxy) is 1. The number of anilines is 2. The largest absolute Gasteiger partial charge is 0.454 e. The molecule has 33 heavy (non-hydrogen) atoms. The van der Waals surface area contributed by atoms with Gasteiger partial charge in [-0.2, -0.15) is 0 Å². The number of thioether (sulfide) groups is 1. The second-order valence-electron chi connectivity index (χ2n) is 9.35. The van der Waals surface area contributed by atoms with Crippen LogP contribution >= 0.6 is 11.8 Å². The second kappa shape index (κ2) is 9.00. The number of amides is 3. The number of fused-ring (bicyclic) bond motifs is 1. The number of carbonyl (C=O) groups excluding carboxylic acids is 4. The molecule has 0 unspecified atom stereocenters. The van der Waals surface area contributed by atoms with E-state index in [0.29, 0.717) is 35.8 Å². The molecule has 176 valence electrons. The molecule has 3 amide bonds. The number of esters is 1. The maximum atomic E-state index is 13.4. The molecule has 1 N–H and O–H groups in total. The van der Waals surface area contributed by atoms with Crippen molar-refractivity contribution in [1.29, 1.82) is 0 Å². The van der Waals surface area contributed by atoms with Crippen LogP contribution in [0.1, 0.15) is 51.4 Å². The highest BCUT2D eigenvalue weighted by Gasteiger charge is 2.52. The zero-order valence-corrected chi connectivity index (χ0v) is 19.4. The fraction of sp³-hybridized carbons (Fsp3) is 0.583. The van der Waals surface area contributed by atoms with Crippen molar-refractivity contribution in [1.82, 2.24) is 4.90 Å². The Morgan fingerprint density at radius 2 is 1.82 bits per heavy atom. The lowest BCUT2D eigenvalue weighted by Crippen LogP contribution is -2.61. The first-order valence-electron chi connectivity index (χ1n) is 11.8. The molecule has 3 fully saturated rings. The Balaban J connectivity index is 1.30. The highest BCUT2D eigenvalue weighted by Crippen LogP contribution is 2.45. The lowest BCUT2D eigenvalue weighted by molar-refractivity contribution is -0.156. The zero-order chi connectivity index (χ0) is 23.0. The molecule has 2 heterocycles. The van der Waals surface area contributed by atoms with Gasteiger partial charge < -0.3 is 15.0 Å². The van der Waals surface area contributed by atoms with Crippen molar-refractivity contribution in [2.24, 2.45) is 5.92 Å². The van der Waals surface area contributed by atoms with Crippen LogP contribution in [0, 0.1) is 5.92 Å². The first-order valence-corrected chi connectivity index (χ1v) is 13.0. The van der Waals surface area contributed by atoms with Gasteiger partial charge in [-0.3, -0.25) is 19.3 Å². The molecule has 2 aliphatic carbocycles. The predicted octanol–water partition coefficient (Wildman–Crippen LogP) is 2.92. The van der Waals surface area contributed by atoms with Gasteiger partial charge in [0.05, 0.1) is 17.3 Å². The molecule has 4 aliphatic rings. The molecule has 1 saturated heterocycles. The molecule has 2 saturated carbocycles. The van der Waals surface area contributed by atoms with Gasteiger partial charge in [-0.25, -0.2) is 4.79 Å². The average molecular weight is 472 g/mol. The molecular weight excluding hydrogens is 442 g/mol. The van der Waals surface area contributed by atoms with Crippen molar-refractivity contribution in [2.45, 2.75) is 62.9 Å². The Morgan fingerprint density at radius 1 is 1.09 bits per heavy atom. The highest BCUT2D eigenvalue weighted by atomic mass is 32.2. The van der Waals surface area contributed by atoms with Crippen molar-refractivity contribution in [3.05, 3.63) is 24.3 Å². The van der Waals surface area contributed by atoms with Crippen molar-refractivity contribution in [3.8, 4) is 0 Å². The van der Waals surface area contributed by atoms with Crippen LogP contribution in [0.3, 0.4) is 0 Å². The number of nitrogens with zero attached hydrogens (tertiary/aromatic N) is 2. The molecule has 1 aromatic rings. The van der Waals surface area contributed by atoms with Gasteiger partial charge in [-0.15, -0.1) is 11.8 Å². The number of nitrogens with one attached hydrogen (secondary N) is 1. The third-order valence-electron chi connectivity index (χ3n) is 7.40. The van der Waals surface area contributed by atoms with Crippen molar-refractivity contribution >= 4 is 46.8 Å². The summed E-state index contributed by atoms with van der Waals surface area (Å²) in [6, 6.07) is 6.55. The molecule has 0 aromatic heterocycles. The second-order valence-corrected chi connectivity index (χ2v) is 10.4. The quantitative estimate of drug-likeness (QED) is 0.679. The van der Waals surface area contributed by atoms with Crippen LogP contribution in [0.2, 0.25) is 0 Å². The standard InChI is InChI=1S/C24H29N3O5S/c28-20(13-32-22(30)19-14-33-15-26(19)21(29)16-7-1-2-8-16)27-18-10-4-3-9-17(18)25-23(31)24(27)11-5-6-12-24/h3-4,9-10,16,19H,1-2,5-8,11-15H2,(H,25,31)/t19-/m0/s1. The minimum atomic E-state index is -0.939. The normalized spacial score (nSPS) is 24.1. The summed E-state index contributed by atoms with van der Waals surface area (Å²) < 4.78 is 5.47. The summed E-state index contributed by atoms with van der Waals surface area (Å²) in [5.41, 5.74) is 0.278. The van der Waals surface area contributed by atoms with Gasteiger partial charge in [0, 0.05) is 11.7 Å². The number of benzene rings is 1. The average Bonchev–Trinajstić information content (AvgIpc) is 3.60. The summed E-state index contributed by atoms with van der Waals surface area (Å²) in [7, 11) is 0. The molecule has 1 spiro atoms. The molecule has 0 bridgehead atoms. The van der Waals surface area contributed by atoms with Crippen LogP contribution in [0.15, 0.2) is 24.3 Å². The maximum Gasteiger partial charge on any atom is 0.330 e. The Kier molecular flexibility index (Phi) is 6.07. The van der Waals surface area contributed by atoms with E-state index in [1.54, 1.807) is 15.9 Å². The smallest absolute Gasteiger partial charge is 0.330 e. The predicted molar refractivity (Wildman–Crippen MR) is 125 cm³/mol. The van der Waals surface area contributed by atoms with Crippen molar-refractivity contribution < 1.29 is 23.9 Å². The molecular formula is C24H29N3O5S. The van der Waals surface area contributed by atoms with Gasteiger partial charge in [0.15, 0.2) is 6.61 Å². The Bertz CT molecular complexity index is 971. The van der Waals surface area contributed by atoms with Gasteiger partial charge in [0.25, 0.3) is 11.8 Å². The number of rotatable bonds is 4. The Morgan fingerprint density at radius 3 is 2.58 bits per heavy atom. The maximum absolute atomic E-state index is 13.4. The summed E-state index contributed by atoms with van der Waals surface area (Å²) in [5, 5.41) is 2.94. The van der Waals surface area contributed by atoms with Gasteiger partial charge in [-0.05, 0) is 37.8 Å². The van der Waals surface area contributed by atoms with E-state index in [0.717, 1.165) is 38.5 Å². The summed E-state index contributed by atoms with van der Waals surface area (Å²) in [6.07, 6.45) is 6.72. The number of hydrogen-bond donors (Lipinski definition) is 1. The van der Waals surface area contributed by atoms with Crippen LogP contribution in [-0.2, 0) is 23.9 Å². The summed E-state index contributed by atoms with van der Waals surface area (Å²) in [5.74, 6) is -0.167. The van der Waals surface area contributed by atoms with E-state index in [1.165, 1.54) is 11.8 Å². The SMILES string of the molecule is O=C(OCC(=O)N1c2ccccc2NC(=O)C12CCCC2)[C@@H]1CSCN1C(=O)C1CCCC1. The number of hydrogen-bond acceptors (Lipinski definition) is 6. The third kappa shape index (κ3) is 3.90. The first kappa shape index (κ1) is 22.3. The fourth-order valence-electron chi connectivity index (χ4n) is 5.68.